The molecule has 5 nitrogen and oxygen atoms in total. The second kappa shape index (κ2) is 5.02. The summed E-state index contributed by atoms with van der Waals surface area (Å²) in [4.78, 5) is 6.48. The van der Waals surface area contributed by atoms with Crippen molar-refractivity contribution in [3.8, 4) is 6.07 Å². The van der Waals surface area contributed by atoms with Gasteiger partial charge in [-0.05, 0) is 38.1 Å². The predicted molar refractivity (Wildman–Crippen MR) is 67.5 cm³/mol. The van der Waals surface area contributed by atoms with Gasteiger partial charge in [0.15, 0.2) is 5.69 Å². The molecule has 90 valence electrons. The lowest BCUT2D eigenvalue weighted by Gasteiger charge is -2.12. The van der Waals surface area contributed by atoms with Gasteiger partial charge in [-0.15, -0.1) is 0 Å². The van der Waals surface area contributed by atoms with E-state index in [1.165, 1.54) is 6.42 Å². The number of rotatable bonds is 3. The van der Waals surface area contributed by atoms with Gasteiger partial charge in [0.1, 0.15) is 11.9 Å². The Bertz CT molecular complexity index is 437. The monoisotopic (exact) mass is 231 g/mol. The first-order valence-corrected chi connectivity index (χ1v) is 5.78. The van der Waals surface area contributed by atoms with E-state index in [1.54, 1.807) is 6.07 Å². The summed E-state index contributed by atoms with van der Waals surface area (Å²) < 4.78 is 0. The van der Waals surface area contributed by atoms with Crippen molar-refractivity contribution in [1.82, 2.24) is 9.88 Å². The molecular formula is C12H17N5. The Kier molecular flexibility index (Phi) is 3.45. The number of nitrogens with two attached hydrogens (primary N) is 1. The molecule has 2 rings (SSSR count). The van der Waals surface area contributed by atoms with E-state index in [0.717, 1.165) is 25.5 Å². The highest BCUT2D eigenvalue weighted by Gasteiger charge is 2.18. The summed E-state index contributed by atoms with van der Waals surface area (Å²) in [5.74, 6) is 1.38. The predicted octanol–water partition coefficient (Wildman–Crippen LogP) is 0.899. The lowest BCUT2D eigenvalue weighted by Crippen LogP contribution is -2.19. The summed E-state index contributed by atoms with van der Waals surface area (Å²) in [7, 11) is 2.13. The van der Waals surface area contributed by atoms with E-state index in [-0.39, 0.29) is 0 Å². The highest BCUT2D eigenvalue weighted by atomic mass is 15.1. The highest BCUT2D eigenvalue weighted by molar-refractivity contribution is 5.54. The molecule has 0 saturated carbocycles. The van der Waals surface area contributed by atoms with Gasteiger partial charge in [-0.3, -0.25) is 0 Å². The first-order chi connectivity index (χ1) is 8.19. The maximum Gasteiger partial charge on any atom is 0.165 e. The Balaban J connectivity index is 1.93. The smallest absolute Gasteiger partial charge is 0.165 e. The van der Waals surface area contributed by atoms with E-state index in [9.17, 15) is 0 Å². The molecule has 0 aromatic carbocycles. The number of hydrogen-bond acceptors (Lipinski definition) is 5. The molecule has 0 aliphatic carbocycles. The zero-order valence-corrected chi connectivity index (χ0v) is 9.98. The number of nitrogens with zero attached hydrogens (tertiary/aromatic N) is 3. The molecular weight excluding hydrogens is 214 g/mol. The molecule has 0 radical (unpaired) electrons. The maximum atomic E-state index is 8.83. The number of nitrogen functional groups attached to an aromatic ring is 1. The third kappa shape index (κ3) is 2.86. The Morgan fingerprint density at radius 2 is 2.47 bits per heavy atom. The van der Waals surface area contributed by atoms with Crippen LogP contribution in [-0.4, -0.2) is 36.6 Å². The minimum Gasteiger partial charge on any atom is -0.396 e. The standard InChI is InChI=1S/C12H17N5/c1-17-5-4-9(8-17)7-15-12-3-2-10(14)11(6-13)16-12/h2-3,9H,4-5,7-8,14H2,1H3,(H,15,16). The molecule has 1 atom stereocenters. The molecule has 1 unspecified atom stereocenters. The summed E-state index contributed by atoms with van der Waals surface area (Å²) in [6, 6.07) is 5.52. The maximum absolute atomic E-state index is 8.83. The van der Waals surface area contributed by atoms with E-state index >= 15 is 0 Å². The fraction of sp³-hybridized carbons (Fsp3) is 0.500. The van der Waals surface area contributed by atoms with Crippen LogP contribution in [0.5, 0.6) is 0 Å². The molecule has 0 spiro atoms. The first-order valence-electron chi connectivity index (χ1n) is 5.78. The van der Waals surface area contributed by atoms with Crippen molar-refractivity contribution in [3.05, 3.63) is 17.8 Å². The molecule has 1 aliphatic heterocycles. The highest BCUT2D eigenvalue weighted by Crippen LogP contribution is 2.16. The first kappa shape index (κ1) is 11.7. The molecule has 1 aromatic heterocycles. The lowest BCUT2D eigenvalue weighted by atomic mass is 10.1. The number of nitriles is 1. The van der Waals surface area contributed by atoms with Crippen LogP contribution in [0.25, 0.3) is 0 Å². The van der Waals surface area contributed by atoms with Crippen LogP contribution in [0.4, 0.5) is 11.5 Å². The summed E-state index contributed by atoms with van der Waals surface area (Å²) in [5, 5.41) is 12.1. The van der Waals surface area contributed by atoms with E-state index in [2.05, 4.69) is 22.2 Å². The topological polar surface area (TPSA) is 78.0 Å². The molecule has 5 heteroatoms. The van der Waals surface area contributed by atoms with Gasteiger partial charge in [0, 0.05) is 13.1 Å². The summed E-state index contributed by atoms with van der Waals surface area (Å²) in [6.45, 7) is 3.17. The minimum atomic E-state index is 0.290. The largest absolute Gasteiger partial charge is 0.396 e. The second-order valence-electron chi connectivity index (χ2n) is 4.54. The Hall–Kier alpha value is -1.80. The van der Waals surface area contributed by atoms with Crippen LogP contribution < -0.4 is 11.1 Å². The summed E-state index contributed by atoms with van der Waals surface area (Å²) >= 11 is 0. The number of likely N-dealkylation sites (tertiary alicyclic amines) is 1. The Labute approximate surface area is 101 Å². The average Bonchev–Trinajstić information content (AvgIpc) is 2.74. The van der Waals surface area contributed by atoms with Crippen molar-refractivity contribution in [1.29, 1.82) is 5.26 Å². The van der Waals surface area contributed by atoms with Gasteiger partial charge < -0.3 is 16.0 Å². The zero-order valence-electron chi connectivity index (χ0n) is 9.98. The van der Waals surface area contributed by atoms with Crippen LogP contribution in [0.3, 0.4) is 0 Å². The normalized spacial score (nSPS) is 20.1. The van der Waals surface area contributed by atoms with Crippen LogP contribution in [-0.2, 0) is 0 Å². The van der Waals surface area contributed by atoms with Gasteiger partial charge in [-0.1, -0.05) is 0 Å². The third-order valence-electron chi connectivity index (χ3n) is 3.09. The van der Waals surface area contributed by atoms with Gasteiger partial charge in [-0.25, -0.2) is 4.98 Å². The van der Waals surface area contributed by atoms with Crippen molar-refractivity contribution in [2.24, 2.45) is 5.92 Å². The number of pyridine rings is 1. The van der Waals surface area contributed by atoms with Crippen LogP contribution in [0.15, 0.2) is 12.1 Å². The van der Waals surface area contributed by atoms with Gasteiger partial charge in [0.2, 0.25) is 0 Å². The number of hydrogen-bond donors (Lipinski definition) is 2. The quantitative estimate of drug-likeness (QED) is 0.808. The molecule has 0 bridgehead atoms. The van der Waals surface area contributed by atoms with E-state index in [4.69, 9.17) is 11.0 Å². The molecule has 0 amide bonds. The van der Waals surface area contributed by atoms with Crippen LogP contribution >= 0.6 is 0 Å². The van der Waals surface area contributed by atoms with Crippen molar-refractivity contribution in [2.75, 3.05) is 37.7 Å². The van der Waals surface area contributed by atoms with E-state index < -0.39 is 0 Å². The molecule has 2 heterocycles. The molecule has 1 aromatic rings. The van der Waals surface area contributed by atoms with Crippen molar-refractivity contribution in [2.45, 2.75) is 6.42 Å². The van der Waals surface area contributed by atoms with Gasteiger partial charge in [-0.2, -0.15) is 5.26 Å². The molecule has 17 heavy (non-hydrogen) atoms. The molecule has 3 N–H and O–H groups in total. The summed E-state index contributed by atoms with van der Waals surface area (Å²) in [6.07, 6.45) is 1.21. The van der Waals surface area contributed by atoms with Crippen molar-refractivity contribution in [3.63, 3.8) is 0 Å². The van der Waals surface area contributed by atoms with Crippen LogP contribution in [0.1, 0.15) is 12.1 Å². The number of aromatic nitrogens is 1. The van der Waals surface area contributed by atoms with E-state index in [0.29, 0.717) is 17.3 Å². The van der Waals surface area contributed by atoms with Crippen LogP contribution in [0, 0.1) is 17.2 Å². The molecule has 1 saturated heterocycles. The minimum absolute atomic E-state index is 0.290. The van der Waals surface area contributed by atoms with Gasteiger partial charge in [0.05, 0.1) is 5.69 Å². The fourth-order valence-corrected chi connectivity index (χ4v) is 2.10. The van der Waals surface area contributed by atoms with Crippen molar-refractivity contribution >= 4 is 11.5 Å². The third-order valence-corrected chi connectivity index (χ3v) is 3.09. The Morgan fingerprint density at radius 1 is 1.65 bits per heavy atom. The SMILES string of the molecule is CN1CCC(CNc2ccc(N)c(C#N)n2)C1. The van der Waals surface area contributed by atoms with Gasteiger partial charge in [0.25, 0.3) is 0 Å². The van der Waals surface area contributed by atoms with Crippen LogP contribution in [0.2, 0.25) is 0 Å². The number of nitrogens with one attached hydrogen (secondary N) is 1. The summed E-state index contributed by atoms with van der Waals surface area (Å²) in [5.41, 5.74) is 6.34. The van der Waals surface area contributed by atoms with Gasteiger partial charge >= 0.3 is 0 Å². The van der Waals surface area contributed by atoms with Crippen molar-refractivity contribution < 1.29 is 0 Å². The lowest BCUT2D eigenvalue weighted by molar-refractivity contribution is 0.399. The van der Waals surface area contributed by atoms with E-state index in [1.807, 2.05) is 12.1 Å². The average molecular weight is 231 g/mol. The Morgan fingerprint density at radius 3 is 3.12 bits per heavy atom. The zero-order chi connectivity index (χ0) is 12.3. The number of anilines is 2. The second-order valence-corrected chi connectivity index (χ2v) is 4.54. The molecule has 1 aliphatic rings. The molecule has 1 fully saturated rings. The fourth-order valence-electron chi connectivity index (χ4n) is 2.10.